The van der Waals surface area contributed by atoms with Gasteiger partial charge in [-0.05, 0) is 36.2 Å². The molecule has 0 aliphatic rings. The molecule has 0 heterocycles. The van der Waals surface area contributed by atoms with E-state index in [2.05, 4.69) is 15.9 Å². The lowest BCUT2D eigenvalue weighted by atomic mass is 9.86. The van der Waals surface area contributed by atoms with Gasteiger partial charge in [-0.15, -0.1) is 0 Å². The lowest BCUT2D eigenvalue weighted by Gasteiger charge is -2.27. The van der Waals surface area contributed by atoms with E-state index in [0.717, 1.165) is 15.6 Å². The Balaban J connectivity index is 2.49. The smallest absolute Gasteiger partial charge is 0.123 e. The number of nitrogens with two attached hydrogens (primary N) is 1. The number of benzene rings is 2. The zero-order chi connectivity index (χ0) is 12.5. The second-order valence-corrected chi connectivity index (χ2v) is 5.04. The van der Waals surface area contributed by atoms with Gasteiger partial charge < -0.3 is 5.73 Å². The molecule has 2 aromatic rings. The minimum absolute atomic E-state index is 0.253. The van der Waals surface area contributed by atoms with Crippen molar-refractivity contribution in [3.63, 3.8) is 0 Å². The summed E-state index contributed by atoms with van der Waals surface area (Å²) in [5, 5.41) is 0. The first-order valence-electron chi connectivity index (χ1n) is 5.32. The van der Waals surface area contributed by atoms with Gasteiger partial charge in [-0.2, -0.15) is 0 Å². The normalized spacial score (nSPS) is 14.4. The average molecular weight is 294 g/mol. The molecule has 0 spiro atoms. The van der Waals surface area contributed by atoms with Crippen molar-refractivity contribution in [1.29, 1.82) is 0 Å². The third-order valence-corrected chi connectivity index (χ3v) is 3.57. The maximum Gasteiger partial charge on any atom is 0.123 e. The lowest BCUT2D eigenvalue weighted by Crippen LogP contribution is -2.34. The summed E-state index contributed by atoms with van der Waals surface area (Å²) in [6.07, 6.45) is 0. The van der Waals surface area contributed by atoms with Crippen LogP contribution in [0.5, 0.6) is 0 Å². The van der Waals surface area contributed by atoms with Gasteiger partial charge in [0.25, 0.3) is 0 Å². The molecule has 0 bridgehead atoms. The first-order valence-corrected chi connectivity index (χ1v) is 6.11. The van der Waals surface area contributed by atoms with Gasteiger partial charge in [0.2, 0.25) is 0 Å². The Hall–Kier alpha value is -1.19. The Kier molecular flexibility index (Phi) is 3.31. The molecule has 2 aromatic carbocycles. The number of rotatable bonds is 2. The Morgan fingerprint density at radius 2 is 1.65 bits per heavy atom. The molecule has 0 radical (unpaired) electrons. The Morgan fingerprint density at radius 3 is 2.24 bits per heavy atom. The van der Waals surface area contributed by atoms with Crippen molar-refractivity contribution in [2.45, 2.75) is 12.5 Å². The van der Waals surface area contributed by atoms with Crippen LogP contribution in [0.15, 0.2) is 53.0 Å². The van der Waals surface area contributed by atoms with Crippen molar-refractivity contribution in [3.05, 3.63) is 69.9 Å². The summed E-state index contributed by atoms with van der Waals surface area (Å²) < 4.78 is 13.9. The molecule has 17 heavy (non-hydrogen) atoms. The van der Waals surface area contributed by atoms with Crippen LogP contribution in [0.3, 0.4) is 0 Å². The third kappa shape index (κ3) is 2.40. The molecule has 88 valence electrons. The van der Waals surface area contributed by atoms with E-state index in [-0.39, 0.29) is 5.82 Å². The molecule has 1 nitrogen and oxygen atoms in total. The Labute approximate surface area is 109 Å². The first-order chi connectivity index (χ1) is 8.01. The minimum atomic E-state index is -0.645. The summed E-state index contributed by atoms with van der Waals surface area (Å²) in [7, 11) is 0. The average Bonchev–Trinajstić information content (AvgIpc) is 2.30. The van der Waals surface area contributed by atoms with Crippen LogP contribution in [0.4, 0.5) is 4.39 Å². The maximum atomic E-state index is 12.9. The van der Waals surface area contributed by atoms with Gasteiger partial charge in [-0.1, -0.05) is 46.3 Å². The molecule has 2 N–H and O–H groups in total. The Bertz CT molecular complexity index is 520. The van der Waals surface area contributed by atoms with Crippen LogP contribution in [0.1, 0.15) is 18.1 Å². The highest BCUT2D eigenvalue weighted by molar-refractivity contribution is 9.10. The monoisotopic (exact) mass is 293 g/mol. The lowest BCUT2D eigenvalue weighted by molar-refractivity contribution is 0.591. The Morgan fingerprint density at radius 1 is 1.06 bits per heavy atom. The van der Waals surface area contributed by atoms with E-state index in [1.54, 1.807) is 12.1 Å². The summed E-state index contributed by atoms with van der Waals surface area (Å²) in [6.45, 7) is 1.92. The molecule has 2 rings (SSSR count). The van der Waals surface area contributed by atoms with Crippen molar-refractivity contribution in [1.82, 2.24) is 0 Å². The quantitative estimate of drug-likeness (QED) is 0.895. The molecule has 0 fully saturated rings. The highest BCUT2D eigenvalue weighted by Gasteiger charge is 2.25. The van der Waals surface area contributed by atoms with E-state index in [0.29, 0.717) is 0 Å². The van der Waals surface area contributed by atoms with Gasteiger partial charge in [-0.25, -0.2) is 4.39 Å². The second-order valence-electron chi connectivity index (χ2n) is 4.19. The van der Waals surface area contributed by atoms with Crippen LogP contribution in [0.25, 0.3) is 0 Å². The van der Waals surface area contributed by atoms with Crippen LogP contribution in [0.2, 0.25) is 0 Å². The number of hydrogen-bond donors (Lipinski definition) is 1. The molecule has 0 aliphatic heterocycles. The maximum absolute atomic E-state index is 12.9. The number of halogens is 2. The zero-order valence-electron chi connectivity index (χ0n) is 9.45. The summed E-state index contributed by atoms with van der Waals surface area (Å²) >= 11 is 3.49. The van der Waals surface area contributed by atoms with Crippen molar-refractivity contribution in [2.24, 2.45) is 5.73 Å². The molecule has 0 aliphatic carbocycles. The molecule has 0 aromatic heterocycles. The first kappa shape index (κ1) is 12.3. The molecule has 1 atom stereocenters. The van der Waals surface area contributed by atoms with Crippen LogP contribution in [-0.4, -0.2) is 0 Å². The standard InChI is InChI=1S/C14H13BrFN/c1-14(17,10-6-8-11(16)9-7-10)12-4-2-3-5-13(12)15/h2-9H,17H2,1H3. The molecular formula is C14H13BrFN. The van der Waals surface area contributed by atoms with Gasteiger partial charge in [0.15, 0.2) is 0 Å². The van der Waals surface area contributed by atoms with E-state index in [4.69, 9.17) is 5.73 Å². The van der Waals surface area contributed by atoms with E-state index in [1.807, 2.05) is 31.2 Å². The molecule has 0 saturated heterocycles. The predicted molar refractivity (Wildman–Crippen MR) is 71.2 cm³/mol. The van der Waals surface area contributed by atoms with Gasteiger partial charge >= 0.3 is 0 Å². The minimum Gasteiger partial charge on any atom is -0.318 e. The summed E-state index contributed by atoms with van der Waals surface area (Å²) in [6, 6.07) is 14.1. The van der Waals surface area contributed by atoms with E-state index in [9.17, 15) is 4.39 Å². The summed E-state index contributed by atoms with van der Waals surface area (Å²) in [5.74, 6) is -0.253. The van der Waals surface area contributed by atoms with Crippen molar-refractivity contribution in [2.75, 3.05) is 0 Å². The van der Waals surface area contributed by atoms with Crippen LogP contribution < -0.4 is 5.73 Å². The topological polar surface area (TPSA) is 26.0 Å². The van der Waals surface area contributed by atoms with Crippen LogP contribution in [-0.2, 0) is 5.54 Å². The fourth-order valence-electron chi connectivity index (χ4n) is 1.83. The summed E-state index contributed by atoms with van der Waals surface area (Å²) in [5.41, 5.74) is 7.57. The second kappa shape index (κ2) is 4.59. The SMILES string of the molecule is CC(N)(c1ccc(F)cc1)c1ccccc1Br. The van der Waals surface area contributed by atoms with E-state index >= 15 is 0 Å². The van der Waals surface area contributed by atoms with Crippen LogP contribution in [0, 0.1) is 5.82 Å². The molecular weight excluding hydrogens is 281 g/mol. The molecule has 1 unspecified atom stereocenters. The van der Waals surface area contributed by atoms with Gasteiger partial charge in [0.05, 0.1) is 5.54 Å². The van der Waals surface area contributed by atoms with Crippen molar-refractivity contribution >= 4 is 15.9 Å². The number of hydrogen-bond acceptors (Lipinski definition) is 1. The van der Waals surface area contributed by atoms with Crippen molar-refractivity contribution < 1.29 is 4.39 Å². The van der Waals surface area contributed by atoms with E-state index in [1.165, 1.54) is 12.1 Å². The predicted octanol–water partition coefficient (Wildman–Crippen LogP) is 3.81. The summed E-state index contributed by atoms with van der Waals surface area (Å²) in [4.78, 5) is 0. The van der Waals surface area contributed by atoms with Crippen LogP contribution >= 0.6 is 15.9 Å². The fraction of sp³-hybridized carbons (Fsp3) is 0.143. The molecule has 0 saturated carbocycles. The highest BCUT2D eigenvalue weighted by atomic mass is 79.9. The zero-order valence-corrected chi connectivity index (χ0v) is 11.0. The highest BCUT2D eigenvalue weighted by Crippen LogP contribution is 2.31. The van der Waals surface area contributed by atoms with E-state index < -0.39 is 5.54 Å². The van der Waals surface area contributed by atoms with Gasteiger partial charge in [0.1, 0.15) is 5.82 Å². The molecule has 0 amide bonds. The fourth-order valence-corrected chi connectivity index (χ4v) is 2.53. The van der Waals surface area contributed by atoms with Crippen molar-refractivity contribution in [3.8, 4) is 0 Å². The molecule has 3 heteroatoms. The van der Waals surface area contributed by atoms with Gasteiger partial charge in [-0.3, -0.25) is 0 Å². The largest absolute Gasteiger partial charge is 0.318 e. The third-order valence-electron chi connectivity index (χ3n) is 2.88. The van der Waals surface area contributed by atoms with Gasteiger partial charge in [0, 0.05) is 4.47 Å².